The molecule has 80 valence electrons. The molecule has 0 radical (unpaired) electrons. The first-order valence-electron chi connectivity index (χ1n) is 5.57. The Balaban J connectivity index is 1.68. The van der Waals surface area contributed by atoms with Gasteiger partial charge in [0.2, 0.25) is 5.91 Å². The molecule has 0 unspecified atom stereocenters. The van der Waals surface area contributed by atoms with Crippen LogP contribution in [0.4, 0.5) is 0 Å². The fourth-order valence-electron chi connectivity index (χ4n) is 2.14. The zero-order valence-corrected chi connectivity index (χ0v) is 8.67. The highest BCUT2D eigenvalue weighted by atomic mass is 16.2. The first-order valence-corrected chi connectivity index (χ1v) is 5.57. The van der Waals surface area contributed by atoms with Crippen LogP contribution in [0.1, 0.15) is 12.8 Å². The molecule has 4 nitrogen and oxygen atoms in total. The number of rotatable bonds is 3. The lowest BCUT2D eigenvalue weighted by Gasteiger charge is -2.28. The summed E-state index contributed by atoms with van der Waals surface area (Å²) in [6.07, 6.45) is 1.82. The molecular weight excluding hydrogens is 178 g/mol. The van der Waals surface area contributed by atoms with Crippen molar-refractivity contribution in [2.24, 2.45) is 0 Å². The van der Waals surface area contributed by atoms with Gasteiger partial charge in [-0.1, -0.05) is 0 Å². The molecule has 2 saturated heterocycles. The number of likely N-dealkylation sites (tertiary alicyclic amines) is 1. The van der Waals surface area contributed by atoms with E-state index in [9.17, 15) is 4.79 Å². The van der Waals surface area contributed by atoms with E-state index in [0.29, 0.717) is 5.91 Å². The quantitative estimate of drug-likeness (QED) is 0.663. The molecule has 0 bridgehead atoms. The number of nitrogens with zero attached hydrogens (tertiary/aromatic N) is 2. The van der Waals surface area contributed by atoms with Crippen molar-refractivity contribution < 1.29 is 4.79 Å². The van der Waals surface area contributed by atoms with Crippen LogP contribution in [0, 0.1) is 0 Å². The van der Waals surface area contributed by atoms with Crippen LogP contribution >= 0.6 is 0 Å². The predicted octanol–water partition coefficient (Wildman–Crippen LogP) is -0.486. The van der Waals surface area contributed by atoms with Crippen molar-refractivity contribution >= 4 is 5.91 Å². The van der Waals surface area contributed by atoms with Gasteiger partial charge in [-0.25, -0.2) is 0 Å². The van der Waals surface area contributed by atoms with Crippen molar-refractivity contribution in [2.45, 2.75) is 12.8 Å². The fraction of sp³-hybridized carbons (Fsp3) is 0.900. The summed E-state index contributed by atoms with van der Waals surface area (Å²) < 4.78 is 0. The van der Waals surface area contributed by atoms with Gasteiger partial charge in [0, 0.05) is 52.2 Å². The molecule has 2 heterocycles. The highest BCUT2D eigenvalue weighted by molar-refractivity contribution is 5.78. The van der Waals surface area contributed by atoms with Gasteiger partial charge in [0.1, 0.15) is 0 Å². The maximum Gasteiger partial charge on any atom is 0.222 e. The van der Waals surface area contributed by atoms with Crippen molar-refractivity contribution in [2.75, 3.05) is 45.8 Å². The van der Waals surface area contributed by atoms with Gasteiger partial charge in [-0.2, -0.15) is 0 Å². The lowest BCUT2D eigenvalue weighted by molar-refractivity contribution is -0.127. The first-order chi connectivity index (χ1) is 6.86. The molecule has 4 heteroatoms. The topological polar surface area (TPSA) is 35.6 Å². The van der Waals surface area contributed by atoms with Gasteiger partial charge in [-0.15, -0.1) is 0 Å². The largest absolute Gasteiger partial charge is 0.341 e. The van der Waals surface area contributed by atoms with Crippen LogP contribution < -0.4 is 5.32 Å². The second kappa shape index (κ2) is 4.75. The third-order valence-electron chi connectivity index (χ3n) is 3.07. The number of carbonyl (C=O) groups is 1. The molecule has 1 N–H and O–H groups in total. The predicted molar refractivity (Wildman–Crippen MR) is 55.1 cm³/mol. The summed E-state index contributed by atoms with van der Waals surface area (Å²) in [5.41, 5.74) is 0. The van der Waals surface area contributed by atoms with Crippen LogP contribution in [0.25, 0.3) is 0 Å². The van der Waals surface area contributed by atoms with Crippen molar-refractivity contribution in [1.82, 2.24) is 15.1 Å². The SMILES string of the molecule is O=C1CCCN1CCN1CCNCC1. The second-order valence-corrected chi connectivity index (χ2v) is 4.08. The molecule has 0 saturated carbocycles. The Hall–Kier alpha value is -0.610. The third kappa shape index (κ3) is 2.45. The van der Waals surface area contributed by atoms with E-state index < -0.39 is 0 Å². The van der Waals surface area contributed by atoms with Crippen LogP contribution in [-0.2, 0) is 4.79 Å². The average molecular weight is 197 g/mol. The van der Waals surface area contributed by atoms with Crippen molar-refractivity contribution in [3.8, 4) is 0 Å². The molecule has 0 aromatic heterocycles. The highest BCUT2D eigenvalue weighted by Gasteiger charge is 2.20. The Morgan fingerprint density at radius 2 is 1.93 bits per heavy atom. The minimum Gasteiger partial charge on any atom is -0.341 e. The first kappa shape index (κ1) is 9.93. The van der Waals surface area contributed by atoms with E-state index in [1.807, 2.05) is 4.90 Å². The van der Waals surface area contributed by atoms with Crippen LogP contribution in [0.3, 0.4) is 0 Å². The third-order valence-corrected chi connectivity index (χ3v) is 3.07. The van der Waals surface area contributed by atoms with Crippen LogP contribution in [0.2, 0.25) is 0 Å². The summed E-state index contributed by atoms with van der Waals surface area (Å²) >= 11 is 0. The fourth-order valence-corrected chi connectivity index (χ4v) is 2.14. The molecule has 2 fully saturated rings. The molecule has 2 rings (SSSR count). The van der Waals surface area contributed by atoms with Crippen molar-refractivity contribution in [1.29, 1.82) is 0 Å². The van der Waals surface area contributed by atoms with Gasteiger partial charge in [0.05, 0.1) is 0 Å². The van der Waals surface area contributed by atoms with Crippen molar-refractivity contribution in [3.63, 3.8) is 0 Å². The standard InChI is InChI=1S/C10H19N3O/c14-10-2-1-5-13(10)9-8-12-6-3-11-4-7-12/h11H,1-9H2. The van der Waals surface area contributed by atoms with Gasteiger partial charge >= 0.3 is 0 Å². The Kier molecular flexibility index (Phi) is 3.37. The molecule has 14 heavy (non-hydrogen) atoms. The molecule has 0 aliphatic carbocycles. The summed E-state index contributed by atoms with van der Waals surface area (Å²) in [6.45, 7) is 7.39. The summed E-state index contributed by atoms with van der Waals surface area (Å²) in [4.78, 5) is 15.8. The normalized spacial score (nSPS) is 24.6. The monoisotopic (exact) mass is 197 g/mol. The summed E-state index contributed by atoms with van der Waals surface area (Å²) in [7, 11) is 0. The van der Waals surface area contributed by atoms with E-state index in [4.69, 9.17) is 0 Å². The van der Waals surface area contributed by atoms with Crippen LogP contribution in [0.5, 0.6) is 0 Å². The zero-order chi connectivity index (χ0) is 9.80. The van der Waals surface area contributed by atoms with Crippen LogP contribution in [-0.4, -0.2) is 61.5 Å². The molecular formula is C10H19N3O. The maximum absolute atomic E-state index is 11.3. The zero-order valence-electron chi connectivity index (χ0n) is 8.67. The van der Waals surface area contributed by atoms with E-state index >= 15 is 0 Å². The Morgan fingerprint density at radius 1 is 1.14 bits per heavy atom. The van der Waals surface area contributed by atoms with E-state index in [1.165, 1.54) is 0 Å². The second-order valence-electron chi connectivity index (χ2n) is 4.08. The molecule has 0 aromatic rings. The highest BCUT2D eigenvalue weighted by Crippen LogP contribution is 2.08. The van der Waals surface area contributed by atoms with E-state index in [1.54, 1.807) is 0 Å². The summed E-state index contributed by atoms with van der Waals surface area (Å²) in [5, 5.41) is 3.33. The molecule has 1 amide bonds. The molecule has 2 aliphatic rings. The smallest absolute Gasteiger partial charge is 0.222 e. The molecule has 2 aliphatic heterocycles. The molecule has 0 spiro atoms. The number of hydrogen-bond donors (Lipinski definition) is 1. The number of piperazine rings is 1. The number of hydrogen-bond acceptors (Lipinski definition) is 3. The Labute approximate surface area is 85.2 Å². The van der Waals surface area contributed by atoms with Gasteiger partial charge in [-0.05, 0) is 6.42 Å². The van der Waals surface area contributed by atoms with Crippen LogP contribution in [0.15, 0.2) is 0 Å². The Morgan fingerprint density at radius 3 is 2.57 bits per heavy atom. The van der Waals surface area contributed by atoms with Gasteiger partial charge < -0.3 is 10.2 Å². The lowest BCUT2D eigenvalue weighted by Crippen LogP contribution is -2.46. The maximum atomic E-state index is 11.3. The summed E-state index contributed by atoms with van der Waals surface area (Å²) in [5.74, 6) is 0.347. The van der Waals surface area contributed by atoms with E-state index in [-0.39, 0.29) is 0 Å². The Bertz CT molecular complexity index is 202. The minimum absolute atomic E-state index is 0.347. The van der Waals surface area contributed by atoms with Gasteiger partial charge in [0.25, 0.3) is 0 Å². The number of amides is 1. The molecule has 0 aromatic carbocycles. The molecule has 0 atom stereocenters. The number of carbonyl (C=O) groups excluding carboxylic acids is 1. The van der Waals surface area contributed by atoms with E-state index in [0.717, 1.165) is 58.7 Å². The van der Waals surface area contributed by atoms with Crippen molar-refractivity contribution in [3.05, 3.63) is 0 Å². The average Bonchev–Trinajstić information content (AvgIpc) is 2.63. The van der Waals surface area contributed by atoms with Gasteiger partial charge in [0.15, 0.2) is 0 Å². The lowest BCUT2D eigenvalue weighted by atomic mass is 10.3. The summed E-state index contributed by atoms with van der Waals surface area (Å²) in [6, 6.07) is 0. The number of nitrogens with one attached hydrogen (secondary N) is 1. The van der Waals surface area contributed by atoms with Gasteiger partial charge in [-0.3, -0.25) is 9.69 Å². The van der Waals surface area contributed by atoms with E-state index in [2.05, 4.69) is 10.2 Å². The minimum atomic E-state index is 0.347.